The van der Waals surface area contributed by atoms with Gasteiger partial charge in [0.25, 0.3) is 0 Å². The van der Waals surface area contributed by atoms with Crippen LogP contribution < -0.4 is 0 Å². The molecule has 0 aliphatic heterocycles. The molecule has 0 bridgehead atoms. The van der Waals surface area contributed by atoms with Gasteiger partial charge < -0.3 is 0 Å². The Bertz CT molecular complexity index is 364. The number of pyridine rings is 1. The van der Waals surface area contributed by atoms with E-state index >= 15 is 0 Å². The highest BCUT2D eigenvalue weighted by atomic mass is 14.8. The molecule has 3 rings (SSSR count). The predicted molar refractivity (Wildman–Crippen MR) is 57.6 cm³/mol. The molecule has 14 heavy (non-hydrogen) atoms. The summed E-state index contributed by atoms with van der Waals surface area (Å²) in [4.78, 5) is 4.89. The third-order valence-electron chi connectivity index (χ3n) is 3.51. The van der Waals surface area contributed by atoms with Crippen LogP contribution in [-0.4, -0.2) is 4.98 Å². The predicted octanol–water partition coefficient (Wildman–Crippen LogP) is 3.01. The minimum atomic E-state index is 0.816. The van der Waals surface area contributed by atoms with Crippen molar-refractivity contribution in [3.63, 3.8) is 0 Å². The molecule has 1 heteroatoms. The number of aryl methyl sites for hydroxylation is 3. The maximum atomic E-state index is 4.89. The van der Waals surface area contributed by atoms with Crippen molar-refractivity contribution < 1.29 is 0 Å². The molecular formula is C13H17N. The first-order valence-electron chi connectivity index (χ1n) is 5.90. The second-order valence-electron chi connectivity index (χ2n) is 4.62. The van der Waals surface area contributed by atoms with Crippen LogP contribution in [0.25, 0.3) is 0 Å². The molecule has 1 fully saturated rings. The maximum Gasteiger partial charge on any atom is 0.0469 e. The van der Waals surface area contributed by atoms with Crippen LogP contribution in [-0.2, 0) is 19.3 Å². The maximum absolute atomic E-state index is 4.89. The lowest BCUT2D eigenvalue weighted by Crippen LogP contribution is -2.00. The van der Waals surface area contributed by atoms with Crippen molar-refractivity contribution in [3.8, 4) is 0 Å². The van der Waals surface area contributed by atoms with Crippen LogP contribution in [0.3, 0.4) is 0 Å². The summed E-state index contributed by atoms with van der Waals surface area (Å²) in [7, 11) is 0. The van der Waals surface area contributed by atoms with E-state index in [4.69, 9.17) is 4.98 Å². The Balaban J connectivity index is 2.08. The van der Waals surface area contributed by atoms with Crippen molar-refractivity contribution in [3.05, 3.63) is 28.6 Å². The quantitative estimate of drug-likeness (QED) is 0.693. The van der Waals surface area contributed by atoms with E-state index in [0.29, 0.717) is 0 Å². The van der Waals surface area contributed by atoms with Gasteiger partial charge in [0.15, 0.2) is 0 Å². The monoisotopic (exact) mass is 187 g/mol. The van der Waals surface area contributed by atoms with Crippen LogP contribution >= 0.6 is 0 Å². The molecule has 1 nitrogen and oxygen atoms in total. The van der Waals surface area contributed by atoms with Gasteiger partial charge in [0.1, 0.15) is 0 Å². The number of rotatable bonds is 2. The van der Waals surface area contributed by atoms with Crippen molar-refractivity contribution in [2.45, 2.75) is 51.4 Å². The summed E-state index contributed by atoms with van der Waals surface area (Å²) in [6.45, 7) is 2.25. The fraction of sp³-hybridized carbons (Fsp3) is 0.615. The van der Waals surface area contributed by atoms with Gasteiger partial charge in [0.2, 0.25) is 0 Å². The molecule has 0 unspecified atom stereocenters. The highest BCUT2D eigenvalue weighted by Crippen LogP contribution is 2.41. The lowest BCUT2D eigenvalue weighted by Gasteiger charge is -2.09. The molecule has 0 aromatic carbocycles. The molecular weight excluding hydrogens is 170 g/mol. The molecule has 0 radical (unpaired) electrons. The Labute approximate surface area is 85.6 Å². The molecule has 0 amide bonds. The first-order valence-corrected chi connectivity index (χ1v) is 5.90. The summed E-state index contributed by atoms with van der Waals surface area (Å²) in [5.74, 6) is 0.816. The zero-order valence-electron chi connectivity index (χ0n) is 8.84. The first-order chi connectivity index (χ1) is 6.88. The first kappa shape index (κ1) is 8.46. The third-order valence-corrected chi connectivity index (χ3v) is 3.51. The van der Waals surface area contributed by atoms with E-state index in [1.807, 2.05) is 0 Å². The lowest BCUT2D eigenvalue weighted by atomic mass is 10.0. The molecule has 1 aromatic heterocycles. The van der Waals surface area contributed by atoms with E-state index in [1.165, 1.54) is 54.6 Å². The SMILES string of the molecule is CCc1cc2c(nc1C1CC1)CCC2. The molecule has 2 aliphatic carbocycles. The van der Waals surface area contributed by atoms with Gasteiger partial charge in [0, 0.05) is 17.3 Å². The van der Waals surface area contributed by atoms with Gasteiger partial charge in [-0.15, -0.1) is 0 Å². The van der Waals surface area contributed by atoms with Crippen molar-refractivity contribution >= 4 is 0 Å². The summed E-state index contributed by atoms with van der Waals surface area (Å²) >= 11 is 0. The average molecular weight is 187 g/mol. The van der Waals surface area contributed by atoms with Crippen molar-refractivity contribution in [2.24, 2.45) is 0 Å². The minimum absolute atomic E-state index is 0.816. The summed E-state index contributed by atoms with van der Waals surface area (Å²) in [5.41, 5.74) is 5.90. The number of aromatic nitrogens is 1. The molecule has 1 saturated carbocycles. The molecule has 0 saturated heterocycles. The second kappa shape index (κ2) is 3.08. The van der Waals surface area contributed by atoms with Crippen LogP contribution in [0.1, 0.15) is 54.6 Å². The Morgan fingerprint density at radius 2 is 2.21 bits per heavy atom. The molecule has 0 atom stereocenters. The fourth-order valence-electron chi connectivity index (χ4n) is 2.53. The van der Waals surface area contributed by atoms with E-state index in [-0.39, 0.29) is 0 Å². The highest BCUT2D eigenvalue weighted by molar-refractivity contribution is 5.36. The standard InChI is InChI=1S/C13H17N/c1-2-9-8-11-4-3-5-12(11)14-13(9)10-6-7-10/h8,10H,2-7H2,1H3. The van der Waals surface area contributed by atoms with Gasteiger partial charge in [-0.2, -0.15) is 0 Å². The molecule has 0 spiro atoms. The van der Waals surface area contributed by atoms with E-state index in [9.17, 15) is 0 Å². The summed E-state index contributed by atoms with van der Waals surface area (Å²) in [6, 6.07) is 2.43. The van der Waals surface area contributed by atoms with Crippen molar-refractivity contribution in [1.29, 1.82) is 0 Å². The third kappa shape index (κ3) is 1.26. The van der Waals surface area contributed by atoms with Crippen LogP contribution in [0.5, 0.6) is 0 Å². The Morgan fingerprint density at radius 3 is 2.93 bits per heavy atom. The van der Waals surface area contributed by atoms with Gasteiger partial charge in [0.05, 0.1) is 0 Å². The van der Waals surface area contributed by atoms with E-state index < -0.39 is 0 Å². The normalized spacial score (nSPS) is 19.8. The largest absolute Gasteiger partial charge is 0.257 e. The van der Waals surface area contributed by atoms with E-state index in [0.717, 1.165) is 12.3 Å². The fourth-order valence-corrected chi connectivity index (χ4v) is 2.53. The van der Waals surface area contributed by atoms with Gasteiger partial charge in [-0.1, -0.05) is 13.0 Å². The minimum Gasteiger partial charge on any atom is -0.257 e. The summed E-state index contributed by atoms with van der Waals surface area (Å²) in [6.07, 6.45) is 7.71. The zero-order valence-corrected chi connectivity index (χ0v) is 8.84. The van der Waals surface area contributed by atoms with Gasteiger partial charge >= 0.3 is 0 Å². The number of hydrogen-bond donors (Lipinski definition) is 0. The second-order valence-corrected chi connectivity index (χ2v) is 4.62. The average Bonchev–Trinajstić information content (AvgIpc) is 2.95. The lowest BCUT2D eigenvalue weighted by molar-refractivity contribution is 0.883. The summed E-state index contributed by atoms with van der Waals surface area (Å²) < 4.78 is 0. The molecule has 0 N–H and O–H groups in total. The van der Waals surface area contributed by atoms with Crippen LogP contribution in [0.2, 0.25) is 0 Å². The van der Waals surface area contributed by atoms with Crippen molar-refractivity contribution in [2.75, 3.05) is 0 Å². The topological polar surface area (TPSA) is 12.9 Å². The molecule has 2 aliphatic rings. The smallest absolute Gasteiger partial charge is 0.0469 e. The van der Waals surface area contributed by atoms with Gasteiger partial charge in [-0.3, -0.25) is 4.98 Å². The van der Waals surface area contributed by atoms with Crippen LogP contribution in [0, 0.1) is 0 Å². The highest BCUT2D eigenvalue weighted by Gasteiger charge is 2.28. The Kier molecular flexibility index (Phi) is 1.86. The number of hydrogen-bond acceptors (Lipinski definition) is 1. The molecule has 74 valence electrons. The van der Waals surface area contributed by atoms with Gasteiger partial charge in [-0.05, 0) is 49.7 Å². The molecule has 1 aromatic rings. The van der Waals surface area contributed by atoms with Crippen LogP contribution in [0.15, 0.2) is 6.07 Å². The van der Waals surface area contributed by atoms with Crippen LogP contribution in [0.4, 0.5) is 0 Å². The molecule has 1 heterocycles. The summed E-state index contributed by atoms with van der Waals surface area (Å²) in [5, 5.41) is 0. The van der Waals surface area contributed by atoms with E-state index in [1.54, 1.807) is 0 Å². The van der Waals surface area contributed by atoms with Gasteiger partial charge in [-0.25, -0.2) is 0 Å². The number of nitrogens with zero attached hydrogens (tertiary/aromatic N) is 1. The van der Waals surface area contributed by atoms with Crippen molar-refractivity contribution in [1.82, 2.24) is 4.98 Å². The Morgan fingerprint density at radius 1 is 1.36 bits per heavy atom. The zero-order chi connectivity index (χ0) is 9.54. The number of fused-ring (bicyclic) bond motifs is 1. The Hall–Kier alpha value is -0.850. The van der Waals surface area contributed by atoms with E-state index in [2.05, 4.69) is 13.0 Å².